The van der Waals surface area contributed by atoms with Crippen LogP contribution < -0.4 is 5.73 Å². The largest absolute Gasteiger partial charge is 0.380 e. The van der Waals surface area contributed by atoms with Crippen molar-refractivity contribution in [2.75, 3.05) is 0 Å². The number of amidine groups is 1. The summed E-state index contributed by atoms with van der Waals surface area (Å²) in [6.45, 7) is 0. The SMILES string of the molecule is N/C(=N/OC(=O)/C=C/c1ccccc1)c1ccccc1Cl. The van der Waals surface area contributed by atoms with E-state index in [1.165, 1.54) is 6.08 Å². The summed E-state index contributed by atoms with van der Waals surface area (Å²) in [5.41, 5.74) is 7.12. The quantitative estimate of drug-likeness (QED) is 0.310. The Morgan fingerprint density at radius 3 is 2.48 bits per heavy atom. The molecule has 0 amide bonds. The molecule has 2 aromatic carbocycles. The van der Waals surface area contributed by atoms with Gasteiger partial charge in [-0.25, -0.2) is 4.79 Å². The first kappa shape index (κ1) is 14.8. The standard InChI is InChI=1S/C16H13ClN2O2/c17-14-9-5-4-8-13(14)16(18)19-21-15(20)11-10-12-6-2-1-3-7-12/h1-11H,(H2,18,19)/b11-10+. The van der Waals surface area contributed by atoms with E-state index in [9.17, 15) is 4.79 Å². The molecule has 0 atom stereocenters. The molecule has 0 spiro atoms. The molecule has 106 valence electrons. The molecule has 0 bridgehead atoms. The van der Waals surface area contributed by atoms with E-state index in [0.29, 0.717) is 10.6 Å². The summed E-state index contributed by atoms with van der Waals surface area (Å²) in [6.07, 6.45) is 2.91. The summed E-state index contributed by atoms with van der Waals surface area (Å²) in [6, 6.07) is 16.3. The Bertz CT molecular complexity index is 682. The van der Waals surface area contributed by atoms with E-state index < -0.39 is 5.97 Å². The summed E-state index contributed by atoms with van der Waals surface area (Å²) >= 11 is 5.96. The summed E-state index contributed by atoms with van der Waals surface area (Å²) < 4.78 is 0. The molecule has 2 rings (SSSR count). The normalized spacial score (nSPS) is 11.6. The second-order valence-electron chi connectivity index (χ2n) is 4.11. The lowest BCUT2D eigenvalue weighted by Crippen LogP contribution is -2.15. The number of rotatable bonds is 4. The van der Waals surface area contributed by atoms with Crippen molar-refractivity contribution in [2.45, 2.75) is 0 Å². The van der Waals surface area contributed by atoms with Crippen molar-refractivity contribution in [1.82, 2.24) is 0 Å². The smallest absolute Gasteiger partial charge is 0.358 e. The summed E-state index contributed by atoms with van der Waals surface area (Å²) in [5, 5.41) is 4.02. The third-order valence-electron chi connectivity index (χ3n) is 2.60. The van der Waals surface area contributed by atoms with Gasteiger partial charge in [-0.3, -0.25) is 0 Å². The molecule has 4 nitrogen and oxygen atoms in total. The molecule has 21 heavy (non-hydrogen) atoms. The van der Waals surface area contributed by atoms with Gasteiger partial charge in [0, 0.05) is 11.6 Å². The van der Waals surface area contributed by atoms with Gasteiger partial charge in [-0.05, 0) is 23.8 Å². The number of nitrogens with zero attached hydrogens (tertiary/aromatic N) is 1. The molecule has 0 fully saturated rings. The molecule has 0 aliphatic carbocycles. The van der Waals surface area contributed by atoms with Gasteiger partial charge in [0.05, 0.1) is 5.02 Å². The highest BCUT2D eigenvalue weighted by molar-refractivity contribution is 6.34. The zero-order chi connectivity index (χ0) is 15.1. The minimum Gasteiger partial charge on any atom is -0.380 e. The molecule has 5 heteroatoms. The zero-order valence-electron chi connectivity index (χ0n) is 11.1. The predicted octanol–water partition coefficient (Wildman–Crippen LogP) is 3.22. The molecule has 0 aromatic heterocycles. The van der Waals surface area contributed by atoms with Crippen molar-refractivity contribution in [3.63, 3.8) is 0 Å². The summed E-state index contributed by atoms with van der Waals surface area (Å²) in [7, 11) is 0. The van der Waals surface area contributed by atoms with Crippen molar-refractivity contribution >= 4 is 29.5 Å². The molecule has 0 aliphatic rings. The van der Waals surface area contributed by atoms with E-state index in [0.717, 1.165) is 5.56 Å². The van der Waals surface area contributed by atoms with Gasteiger partial charge in [0.15, 0.2) is 5.84 Å². The number of nitrogens with two attached hydrogens (primary N) is 1. The number of benzene rings is 2. The molecular formula is C16H13ClN2O2. The molecule has 0 saturated carbocycles. The van der Waals surface area contributed by atoms with Gasteiger partial charge in [-0.2, -0.15) is 0 Å². The van der Waals surface area contributed by atoms with Gasteiger partial charge in [0.2, 0.25) is 0 Å². The van der Waals surface area contributed by atoms with Crippen LogP contribution in [0.15, 0.2) is 65.8 Å². The van der Waals surface area contributed by atoms with Crippen LogP contribution >= 0.6 is 11.6 Å². The number of oxime groups is 1. The lowest BCUT2D eigenvalue weighted by molar-refractivity contribution is -0.137. The number of carbonyl (C=O) groups excluding carboxylic acids is 1. The van der Waals surface area contributed by atoms with Gasteiger partial charge >= 0.3 is 5.97 Å². The maximum absolute atomic E-state index is 11.5. The van der Waals surface area contributed by atoms with Crippen molar-refractivity contribution in [3.05, 3.63) is 76.8 Å². The Labute approximate surface area is 127 Å². The van der Waals surface area contributed by atoms with E-state index in [-0.39, 0.29) is 5.84 Å². The average molecular weight is 301 g/mol. The van der Waals surface area contributed by atoms with Gasteiger partial charge in [0.1, 0.15) is 0 Å². The Hall–Kier alpha value is -2.59. The third-order valence-corrected chi connectivity index (χ3v) is 2.92. The first-order chi connectivity index (χ1) is 10.2. The van der Waals surface area contributed by atoms with Crippen LogP contribution in [0.1, 0.15) is 11.1 Å². The van der Waals surface area contributed by atoms with Gasteiger partial charge in [-0.15, -0.1) is 0 Å². The monoisotopic (exact) mass is 300 g/mol. The van der Waals surface area contributed by atoms with Crippen molar-refractivity contribution in [3.8, 4) is 0 Å². The Balaban J connectivity index is 1.99. The molecule has 0 radical (unpaired) electrons. The summed E-state index contributed by atoms with van der Waals surface area (Å²) in [5.74, 6) is -0.573. The molecule has 2 aromatic rings. The highest BCUT2D eigenvalue weighted by Gasteiger charge is 2.05. The zero-order valence-corrected chi connectivity index (χ0v) is 11.8. The van der Waals surface area contributed by atoms with E-state index >= 15 is 0 Å². The number of hydrogen-bond acceptors (Lipinski definition) is 3. The summed E-state index contributed by atoms with van der Waals surface area (Å²) in [4.78, 5) is 16.2. The second kappa shape index (κ2) is 7.26. The van der Waals surface area contributed by atoms with Crippen LogP contribution in [0, 0.1) is 0 Å². The fraction of sp³-hybridized carbons (Fsp3) is 0. The van der Waals surface area contributed by atoms with Crippen LogP contribution in [0.3, 0.4) is 0 Å². The van der Waals surface area contributed by atoms with Crippen molar-refractivity contribution in [2.24, 2.45) is 10.9 Å². The lowest BCUT2D eigenvalue weighted by Gasteiger charge is -2.01. The molecular weight excluding hydrogens is 288 g/mol. The lowest BCUT2D eigenvalue weighted by atomic mass is 10.2. The maximum atomic E-state index is 11.5. The second-order valence-corrected chi connectivity index (χ2v) is 4.52. The van der Waals surface area contributed by atoms with Crippen LogP contribution in [0.5, 0.6) is 0 Å². The molecule has 0 aliphatic heterocycles. The van der Waals surface area contributed by atoms with E-state index in [2.05, 4.69) is 5.16 Å². The predicted molar refractivity (Wildman–Crippen MR) is 83.7 cm³/mol. The third kappa shape index (κ3) is 4.47. The highest BCUT2D eigenvalue weighted by atomic mass is 35.5. The van der Waals surface area contributed by atoms with E-state index in [1.54, 1.807) is 30.3 Å². The van der Waals surface area contributed by atoms with Crippen molar-refractivity contribution in [1.29, 1.82) is 0 Å². The van der Waals surface area contributed by atoms with E-state index in [1.807, 2.05) is 30.3 Å². The maximum Gasteiger partial charge on any atom is 0.358 e. The first-order valence-electron chi connectivity index (χ1n) is 6.19. The van der Waals surface area contributed by atoms with Crippen LogP contribution in [0.25, 0.3) is 6.08 Å². The fourth-order valence-corrected chi connectivity index (χ4v) is 1.80. The highest BCUT2D eigenvalue weighted by Crippen LogP contribution is 2.14. The van der Waals surface area contributed by atoms with Crippen LogP contribution in [-0.4, -0.2) is 11.8 Å². The average Bonchev–Trinajstić information content (AvgIpc) is 2.52. The van der Waals surface area contributed by atoms with Gasteiger partial charge < -0.3 is 10.6 Å². The van der Waals surface area contributed by atoms with Crippen LogP contribution in [0.2, 0.25) is 5.02 Å². The Morgan fingerprint density at radius 2 is 1.76 bits per heavy atom. The number of carbonyl (C=O) groups is 1. The molecule has 0 heterocycles. The molecule has 0 saturated heterocycles. The van der Waals surface area contributed by atoms with Crippen molar-refractivity contribution < 1.29 is 9.63 Å². The van der Waals surface area contributed by atoms with Crippen LogP contribution in [0.4, 0.5) is 0 Å². The minimum atomic E-state index is -0.617. The van der Waals surface area contributed by atoms with Gasteiger partial charge in [0.25, 0.3) is 0 Å². The Morgan fingerprint density at radius 1 is 1.10 bits per heavy atom. The minimum absolute atomic E-state index is 0.0436. The Kier molecular flexibility index (Phi) is 5.12. The fourth-order valence-electron chi connectivity index (χ4n) is 1.57. The first-order valence-corrected chi connectivity index (χ1v) is 6.57. The van der Waals surface area contributed by atoms with E-state index in [4.69, 9.17) is 22.2 Å². The number of halogens is 1. The van der Waals surface area contributed by atoms with Gasteiger partial charge in [-0.1, -0.05) is 59.2 Å². The molecule has 2 N–H and O–H groups in total. The number of hydrogen-bond donors (Lipinski definition) is 1. The molecule has 0 unspecified atom stereocenters. The topological polar surface area (TPSA) is 64.7 Å². The van der Waals surface area contributed by atoms with Crippen LogP contribution in [-0.2, 0) is 9.63 Å².